The lowest BCUT2D eigenvalue weighted by Gasteiger charge is -2.12. The normalized spacial score (nSPS) is 15.2. The molecule has 0 heterocycles. The molecule has 3 heteroatoms. The molecule has 0 aromatic heterocycles. The number of carbonyl (C=O) groups excluding carboxylic acids is 1. The zero-order valence-electron chi connectivity index (χ0n) is 9.99. The maximum atomic E-state index is 11.0. The summed E-state index contributed by atoms with van der Waals surface area (Å²) >= 11 is 0. The average molecular weight is 213 g/mol. The highest BCUT2D eigenvalue weighted by Gasteiger charge is 2.06. The van der Waals surface area contributed by atoms with Crippen molar-refractivity contribution in [2.75, 3.05) is 6.54 Å². The van der Waals surface area contributed by atoms with Crippen LogP contribution in [-0.4, -0.2) is 23.7 Å². The van der Waals surface area contributed by atoms with Gasteiger partial charge in [-0.05, 0) is 32.6 Å². The molecule has 15 heavy (non-hydrogen) atoms. The first-order valence-corrected chi connectivity index (χ1v) is 5.67. The molecule has 0 aliphatic heterocycles. The fourth-order valence-corrected chi connectivity index (χ4v) is 1.18. The molecule has 0 saturated heterocycles. The fourth-order valence-electron chi connectivity index (χ4n) is 1.18. The van der Waals surface area contributed by atoms with E-state index < -0.39 is 0 Å². The highest BCUT2D eigenvalue weighted by Crippen LogP contribution is 2.10. The van der Waals surface area contributed by atoms with E-state index in [4.69, 9.17) is 0 Å². The molecule has 2 unspecified atom stereocenters. The van der Waals surface area contributed by atoms with Crippen LogP contribution in [0.5, 0.6) is 0 Å². The largest absolute Gasteiger partial charge is 0.393 e. The summed E-state index contributed by atoms with van der Waals surface area (Å²) < 4.78 is 0. The number of hydrogen-bond donors (Lipinski definition) is 2. The standard InChI is InChI=1S/C12H23NO2/c1-4-13-12(15)9-7-5-6-8-10(2)11(3)14/h5,7,10-11,14H,4,6,8-9H2,1-3H3,(H,13,15). The van der Waals surface area contributed by atoms with Crippen LogP contribution in [0.25, 0.3) is 0 Å². The molecule has 3 nitrogen and oxygen atoms in total. The molecule has 1 amide bonds. The molecular weight excluding hydrogens is 190 g/mol. The Kier molecular flexibility index (Phi) is 8.01. The molecule has 0 radical (unpaired) electrons. The predicted octanol–water partition coefficient (Wildman–Crippen LogP) is 1.87. The van der Waals surface area contributed by atoms with Crippen molar-refractivity contribution in [3.8, 4) is 0 Å². The maximum Gasteiger partial charge on any atom is 0.223 e. The summed E-state index contributed by atoms with van der Waals surface area (Å²) in [5.41, 5.74) is 0. The number of aliphatic hydroxyl groups is 1. The lowest BCUT2D eigenvalue weighted by Crippen LogP contribution is -2.21. The van der Waals surface area contributed by atoms with Crippen molar-refractivity contribution in [1.82, 2.24) is 5.32 Å². The van der Waals surface area contributed by atoms with Gasteiger partial charge in [0.15, 0.2) is 0 Å². The van der Waals surface area contributed by atoms with Gasteiger partial charge in [0, 0.05) is 13.0 Å². The minimum absolute atomic E-state index is 0.0670. The van der Waals surface area contributed by atoms with Crippen LogP contribution in [0.2, 0.25) is 0 Å². The lowest BCUT2D eigenvalue weighted by molar-refractivity contribution is -0.120. The van der Waals surface area contributed by atoms with Gasteiger partial charge in [-0.3, -0.25) is 4.79 Å². The lowest BCUT2D eigenvalue weighted by atomic mass is 10.0. The molecular formula is C12H23NO2. The van der Waals surface area contributed by atoms with Crippen LogP contribution in [0.4, 0.5) is 0 Å². The maximum absolute atomic E-state index is 11.0. The van der Waals surface area contributed by atoms with Crippen molar-refractivity contribution in [3.63, 3.8) is 0 Å². The first-order chi connectivity index (χ1) is 7.07. The van der Waals surface area contributed by atoms with Crippen molar-refractivity contribution in [2.24, 2.45) is 5.92 Å². The van der Waals surface area contributed by atoms with Crippen molar-refractivity contribution in [3.05, 3.63) is 12.2 Å². The summed E-state index contributed by atoms with van der Waals surface area (Å²) in [4.78, 5) is 11.0. The number of nitrogens with one attached hydrogen (secondary N) is 1. The number of hydrogen-bond acceptors (Lipinski definition) is 2. The first kappa shape index (κ1) is 14.2. The van der Waals surface area contributed by atoms with Gasteiger partial charge in [-0.2, -0.15) is 0 Å². The van der Waals surface area contributed by atoms with E-state index in [1.54, 1.807) is 0 Å². The third-order valence-corrected chi connectivity index (χ3v) is 2.46. The van der Waals surface area contributed by atoms with Gasteiger partial charge >= 0.3 is 0 Å². The van der Waals surface area contributed by atoms with E-state index in [1.807, 2.05) is 32.9 Å². The number of aliphatic hydroxyl groups excluding tert-OH is 1. The van der Waals surface area contributed by atoms with E-state index in [0.717, 1.165) is 12.8 Å². The Morgan fingerprint density at radius 1 is 1.40 bits per heavy atom. The first-order valence-electron chi connectivity index (χ1n) is 5.67. The van der Waals surface area contributed by atoms with Crippen LogP contribution in [0.3, 0.4) is 0 Å². The Morgan fingerprint density at radius 3 is 2.60 bits per heavy atom. The zero-order chi connectivity index (χ0) is 11.7. The minimum atomic E-state index is -0.248. The molecule has 0 aromatic rings. The summed E-state index contributed by atoms with van der Waals surface area (Å²) in [6, 6.07) is 0. The van der Waals surface area contributed by atoms with Crippen LogP contribution < -0.4 is 5.32 Å². The van der Waals surface area contributed by atoms with Crippen LogP contribution in [0.1, 0.15) is 40.0 Å². The highest BCUT2D eigenvalue weighted by molar-refractivity contribution is 5.77. The Hall–Kier alpha value is -0.830. The van der Waals surface area contributed by atoms with E-state index >= 15 is 0 Å². The van der Waals surface area contributed by atoms with Crippen molar-refractivity contribution < 1.29 is 9.90 Å². The second-order valence-corrected chi connectivity index (χ2v) is 3.92. The van der Waals surface area contributed by atoms with E-state index in [9.17, 15) is 9.90 Å². The van der Waals surface area contributed by atoms with Gasteiger partial charge in [-0.1, -0.05) is 19.1 Å². The third-order valence-electron chi connectivity index (χ3n) is 2.46. The van der Waals surface area contributed by atoms with Crippen molar-refractivity contribution >= 4 is 5.91 Å². The highest BCUT2D eigenvalue weighted by atomic mass is 16.3. The van der Waals surface area contributed by atoms with Gasteiger partial charge < -0.3 is 10.4 Å². The van der Waals surface area contributed by atoms with E-state index in [1.165, 1.54) is 0 Å². The van der Waals surface area contributed by atoms with E-state index in [2.05, 4.69) is 5.32 Å². The molecule has 2 N–H and O–H groups in total. The molecule has 0 fully saturated rings. The summed E-state index contributed by atoms with van der Waals surface area (Å²) in [5.74, 6) is 0.386. The second-order valence-electron chi connectivity index (χ2n) is 3.92. The summed E-state index contributed by atoms with van der Waals surface area (Å²) in [6.45, 7) is 6.43. The van der Waals surface area contributed by atoms with Gasteiger partial charge in [0.25, 0.3) is 0 Å². The number of amides is 1. The van der Waals surface area contributed by atoms with Crippen LogP contribution in [0, 0.1) is 5.92 Å². The quantitative estimate of drug-likeness (QED) is 0.634. The third kappa shape index (κ3) is 8.18. The van der Waals surface area contributed by atoms with Gasteiger partial charge in [-0.25, -0.2) is 0 Å². The monoisotopic (exact) mass is 213 g/mol. The smallest absolute Gasteiger partial charge is 0.223 e. The SMILES string of the molecule is CCNC(=O)CC=CCCC(C)C(C)O. The second kappa shape index (κ2) is 8.48. The van der Waals surface area contributed by atoms with Gasteiger partial charge in [0.2, 0.25) is 5.91 Å². The fraction of sp³-hybridized carbons (Fsp3) is 0.750. The molecule has 0 saturated carbocycles. The molecule has 0 bridgehead atoms. The summed E-state index contributed by atoms with van der Waals surface area (Å²) in [5, 5.41) is 12.0. The number of rotatable bonds is 7. The molecule has 0 aliphatic rings. The minimum Gasteiger partial charge on any atom is -0.393 e. The summed E-state index contributed by atoms with van der Waals surface area (Å²) in [6.07, 6.45) is 5.99. The number of allylic oxidation sites excluding steroid dienone is 1. The van der Waals surface area contributed by atoms with Gasteiger partial charge in [0.1, 0.15) is 0 Å². The summed E-state index contributed by atoms with van der Waals surface area (Å²) in [7, 11) is 0. The van der Waals surface area contributed by atoms with E-state index in [0.29, 0.717) is 18.9 Å². The molecule has 0 rings (SSSR count). The van der Waals surface area contributed by atoms with Crippen LogP contribution in [-0.2, 0) is 4.79 Å². The number of carbonyl (C=O) groups is 1. The van der Waals surface area contributed by atoms with Crippen molar-refractivity contribution in [2.45, 2.75) is 46.1 Å². The Bertz CT molecular complexity index is 200. The molecule has 0 spiro atoms. The molecule has 0 aromatic carbocycles. The van der Waals surface area contributed by atoms with E-state index in [-0.39, 0.29) is 12.0 Å². The van der Waals surface area contributed by atoms with Gasteiger partial charge in [0.05, 0.1) is 6.10 Å². The topological polar surface area (TPSA) is 49.3 Å². The van der Waals surface area contributed by atoms with Crippen molar-refractivity contribution in [1.29, 1.82) is 0 Å². The molecule has 0 aliphatic carbocycles. The van der Waals surface area contributed by atoms with Crippen LogP contribution in [0.15, 0.2) is 12.2 Å². The molecule has 2 atom stereocenters. The van der Waals surface area contributed by atoms with Gasteiger partial charge in [-0.15, -0.1) is 0 Å². The Labute approximate surface area is 92.6 Å². The predicted molar refractivity (Wildman–Crippen MR) is 62.5 cm³/mol. The average Bonchev–Trinajstić information content (AvgIpc) is 2.17. The van der Waals surface area contributed by atoms with Crippen LogP contribution >= 0.6 is 0 Å². The molecule has 88 valence electrons. The Balaban J connectivity index is 3.51. The zero-order valence-corrected chi connectivity index (χ0v) is 9.99. The Morgan fingerprint density at radius 2 is 2.07 bits per heavy atom.